The molecule has 4 nitrogen and oxygen atoms in total. The molecule has 1 atom stereocenters. The first-order chi connectivity index (χ1) is 9.60. The van der Waals surface area contributed by atoms with E-state index < -0.39 is 0 Å². The van der Waals surface area contributed by atoms with E-state index in [0.29, 0.717) is 0 Å². The smallest absolute Gasteiger partial charge is 0.127 e. The molecular weight excluding hydrogens is 250 g/mol. The first-order valence-electron chi connectivity index (χ1n) is 6.95. The van der Waals surface area contributed by atoms with Gasteiger partial charge in [-0.2, -0.15) is 5.10 Å². The molecule has 1 heterocycles. The summed E-state index contributed by atoms with van der Waals surface area (Å²) < 4.78 is 7.56. The molecule has 0 saturated carbocycles. The Morgan fingerprint density at radius 1 is 1.30 bits per heavy atom. The van der Waals surface area contributed by atoms with E-state index in [-0.39, 0.29) is 6.04 Å². The fourth-order valence-corrected chi connectivity index (χ4v) is 2.55. The van der Waals surface area contributed by atoms with Gasteiger partial charge in [-0.05, 0) is 37.6 Å². The normalized spacial score (nSPS) is 12.4. The number of hydrogen-bond acceptors (Lipinski definition) is 3. The maximum absolute atomic E-state index is 5.65. The lowest BCUT2D eigenvalue weighted by molar-refractivity contribution is 0.399. The minimum atomic E-state index is 0.0850. The van der Waals surface area contributed by atoms with Gasteiger partial charge in [-0.1, -0.05) is 19.1 Å². The Bertz CT molecular complexity index is 589. The molecule has 4 heteroatoms. The van der Waals surface area contributed by atoms with Crippen molar-refractivity contribution in [3.63, 3.8) is 0 Å². The van der Waals surface area contributed by atoms with Crippen LogP contribution in [0, 0.1) is 13.8 Å². The Morgan fingerprint density at radius 2 is 2.05 bits per heavy atom. The highest BCUT2D eigenvalue weighted by atomic mass is 16.5. The summed E-state index contributed by atoms with van der Waals surface area (Å²) in [6, 6.07) is 6.42. The first kappa shape index (κ1) is 14.6. The lowest BCUT2D eigenvalue weighted by atomic mass is 9.97. The Kier molecular flexibility index (Phi) is 4.45. The summed E-state index contributed by atoms with van der Waals surface area (Å²) >= 11 is 0. The first-order valence-corrected chi connectivity index (χ1v) is 6.95. The van der Waals surface area contributed by atoms with Crippen LogP contribution in [0.2, 0.25) is 0 Å². The molecule has 1 N–H and O–H groups in total. The van der Waals surface area contributed by atoms with Crippen molar-refractivity contribution in [2.24, 2.45) is 7.05 Å². The Morgan fingerprint density at radius 3 is 2.60 bits per heavy atom. The molecule has 0 radical (unpaired) electrons. The molecule has 0 bridgehead atoms. The molecule has 0 aliphatic rings. The van der Waals surface area contributed by atoms with Gasteiger partial charge in [0.05, 0.1) is 18.8 Å². The van der Waals surface area contributed by atoms with Crippen LogP contribution in [-0.4, -0.2) is 23.4 Å². The van der Waals surface area contributed by atoms with Crippen molar-refractivity contribution >= 4 is 0 Å². The zero-order valence-electron chi connectivity index (χ0n) is 12.9. The standard InChI is InChI=1S/C16H23N3O/c1-6-17-15(14-9-10-18-19(14)4)13-8-7-11(2)12(3)16(13)20-5/h7-10,15,17H,6H2,1-5H3. The van der Waals surface area contributed by atoms with E-state index in [0.717, 1.165) is 23.6 Å². The Labute approximate surface area is 120 Å². The van der Waals surface area contributed by atoms with Crippen molar-refractivity contribution < 1.29 is 4.74 Å². The average Bonchev–Trinajstić information content (AvgIpc) is 2.85. The largest absolute Gasteiger partial charge is 0.496 e. The second-order valence-corrected chi connectivity index (χ2v) is 5.00. The quantitative estimate of drug-likeness (QED) is 0.910. The van der Waals surface area contributed by atoms with E-state index in [2.05, 4.69) is 43.3 Å². The molecule has 1 aromatic heterocycles. The van der Waals surface area contributed by atoms with Crippen molar-refractivity contribution in [1.29, 1.82) is 0 Å². The second kappa shape index (κ2) is 6.09. The molecule has 2 rings (SSSR count). The maximum atomic E-state index is 5.65. The van der Waals surface area contributed by atoms with Crippen molar-refractivity contribution in [1.82, 2.24) is 15.1 Å². The number of hydrogen-bond donors (Lipinski definition) is 1. The second-order valence-electron chi connectivity index (χ2n) is 5.00. The summed E-state index contributed by atoms with van der Waals surface area (Å²) in [5.74, 6) is 0.956. The molecule has 2 aromatic rings. The van der Waals surface area contributed by atoms with E-state index in [9.17, 15) is 0 Å². The highest BCUT2D eigenvalue weighted by Gasteiger charge is 2.21. The summed E-state index contributed by atoms with van der Waals surface area (Å²) in [6.07, 6.45) is 1.83. The van der Waals surface area contributed by atoms with Crippen LogP contribution >= 0.6 is 0 Å². The summed E-state index contributed by atoms with van der Waals surface area (Å²) in [5.41, 5.74) is 4.72. The number of nitrogens with one attached hydrogen (secondary N) is 1. The van der Waals surface area contributed by atoms with Gasteiger partial charge in [-0.3, -0.25) is 4.68 Å². The fraction of sp³-hybridized carbons (Fsp3) is 0.438. The Hall–Kier alpha value is -1.81. The van der Waals surface area contributed by atoms with E-state index in [1.807, 2.05) is 24.0 Å². The van der Waals surface area contributed by atoms with Gasteiger partial charge in [0, 0.05) is 18.8 Å². The number of ether oxygens (including phenoxy) is 1. The van der Waals surface area contributed by atoms with Gasteiger partial charge in [0.15, 0.2) is 0 Å². The molecule has 0 saturated heterocycles. The number of nitrogens with zero attached hydrogens (tertiary/aromatic N) is 2. The highest BCUT2D eigenvalue weighted by Crippen LogP contribution is 2.33. The van der Waals surface area contributed by atoms with Gasteiger partial charge in [-0.25, -0.2) is 0 Å². The molecular formula is C16H23N3O. The molecule has 0 amide bonds. The molecule has 0 fully saturated rings. The number of benzene rings is 1. The SMILES string of the molecule is CCNC(c1ccc(C)c(C)c1OC)c1ccnn1C. The number of aromatic nitrogens is 2. The molecule has 20 heavy (non-hydrogen) atoms. The highest BCUT2D eigenvalue weighted by molar-refractivity contribution is 5.48. The van der Waals surface area contributed by atoms with Crippen molar-refractivity contribution in [2.75, 3.05) is 13.7 Å². The Balaban J connectivity index is 2.56. The lowest BCUT2D eigenvalue weighted by Crippen LogP contribution is -2.25. The minimum Gasteiger partial charge on any atom is -0.496 e. The third-order valence-corrected chi connectivity index (χ3v) is 3.79. The van der Waals surface area contributed by atoms with Crippen molar-refractivity contribution in [3.8, 4) is 5.75 Å². The van der Waals surface area contributed by atoms with Crippen LogP contribution in [0.5, 0.6) is 5.75 Å². The molecule has 0 aliphatic carbocycles. The number of rotatable bonds is 5. The monoisotopic (exact) mass is 273 g/mol. The predicted molar refractivity (Wildman–Crippen MR) is 81.2 cm³/mol. The minimum absolute atomic E-state index is 0.0850. The van der Waals surface area contributed by atoms with E-state index in [4.69, 9.17) is 4.74 Å². The summed E-state index contributed by atoms with van der Waals surface area (Å²) in [6.45, 7) is 7.20. The molecule has 0 aliphatic heterocycles. The fourth-order valence-electron chi connectivity index (χ4n) is 2.55. The van der Waals surface area contributed by atoms with Crippen LogP contribution in [-0.2, 0) is 7.05 Å². The third-order valence-electron chi connectivity index (χ3n) is 3.79. The summed E-state index contributed by atoms with van der Waals surface area (Å²) in [5, 5.41) is 7.80. The van der Waals surface area contributed by atoms with Crippen LogP contribution in [0.15, 0.2) is 24.4 Å². The third kappa shape index (κ3) is 2.56. The van der Waals surface area contributed by atoms with Crippen molar-refractivity contribution in [3.05, 3.63) is 46.8 Å². The van der Waals surface area contributed by atoms with Crippen LogP contribution < -0.4 is 10.1 Å². The van der Waals surface area contributed by atoms with E-state index in [1.54, 1.807) is 7.11 Å². The number of aryl methyl sites for hydroxylation is 2. The van der Waals surface area contributed by atoms with Gasteiger partial charge >= 0.3 is 0 Å². The molecule has 108 valence electrons. The average molecular weight is 273 g/mol. The summed E-state index contributed by atoms with van der Waals surface area (Å²) in [7, 11) is 3.70. The number of methoxy groups -OCH3 is 1. The van der Waals surface area contributed by atoms with E-state index >= 15 is 0 Å². The van der Waals surface area contributed by atoms with Gasteiger partial charge < -0.3 is 10.1 Å². The zero-order chi connectivity index (χ0) is 14.7. The molecule has 1 unspecified atom stereocenters. The summed E-state index contributed by atoms with van der Waals surface area (Å²) in [4.78, 5) is 0. The molecule has 0 spiro atoms. The molecule has 1 aromatic carbocycles. The van der Waals surface area contributed by atoms with Crippen molar-refractivity contribution in [2.45, 2.75) is 26.8 Å². The van der Waals surface area contributed by atoms with Crippen LogP contribution in [0.3, 0.4) is 0 Å². The van der Waals surface area contributed by atoms with Gasteiger partial charge in [-0.15, -0.1) is 0 Å². The van der Waals surface area contributed by atoms with Crippen LogP contribution in [0.4, 0.5) is 0 Å². The van der Waals surface area contributed by atoms with Crippen LogP contribution in [0.1, 0.15) is 35.3 Å². The lowest BCUT2D eigenvalue weighted by Gasteiger charge is -2.23. The maximum Gasteiger partial charge on any atom is 0.127 e. The van der Waals surface area contributed by atoms with Crippen LogP contribution in [0.25, 0.3) is 0 Å². The zero-order valence-corrected chi connectivity index (χ0v) is 12.9. The van der Waals surface area contributed by atoms with Gasteiger partial charge in [0.1, 0.15) is 5.75 Å². The van der Waals surface area contributed by atoms with E-state index in [1.165, 1.54) is 11.1 Å². The predicted octanol–water partition coefficient (Wildman–Crippen LogP) is 2.74. The van der Waals surface area contributed by atoms with Gasteiger partial charge in [0.2, 0.25) is 0 Å². The van der Waals surface area contributed by atoms with Gasteiger partial charge in [0.25, 0.3) is 0 Å². The topological polar surface area (TPSA) is 39.1 Å².